The van der Waals surface area contributed by atoms with Crippen LogP contribution in [0.5, 0.6) is 5.75 Å². The Labute approximate surface area is 132 Å². The van der Waals surface area contributed by atoms with Crippen LogP contribution in [0.4, 0.5) is 4.39 Å². The standard InChI is InChI=1S/C15H16BFO6/c1-8(18)2-3-12(19)6-10-4-9-5-11(17)7-13(15(20)21)14(9)23-16(10)22/h5,7,10,22H,2-4,6H2,1H3,(H,20,21)/t10-/m1/s1. The lowest BCUT2D eigenvalue weighted by Gasteiger charge is -2.28. The van der Waals surface area contributed by atoms with Gasteiger partial charge < -0.3 is 19.6 Å². The largest absolute Gasteiger partial charge is 0.535 e. The number of carboxylic acids is 1. The highest BCUT2D eigenvalue weighted by Gasteiger charge is 2.38. The molecule has 23 heavy (non-hydrogen) atoms. The number of hydrogen-bond acceptors (Lipinski definition) is 5. The van der Waals surface area contributed by atoms with E-state index in [0.717, 1.165) is 12.1 Å². The molecule has 0 saturated carbocycles. The van der Waals surface area contributed by atoms with E-state index < -0.39 is 24.7 Å². The number of carbonyl (C=O) groups excluding carboxylic acids is 2. The predicted octanol–water partition coefficient (Wildman–Crippen LogP) is 1.64. The van der Waals surface area contributed by atoms with Crippen LogP contribution in [0.25, 0.3) is 0 Å². The van der Waals surface area contributed by atoms with Crippen molar-refractivity contribution in [2.45, 2.75) is 38.4 Å². The maximum absolute atomic E-state index is 13.5. The van der Waals surface area contributed by atoms with Gasteiger partial charge in [-0.15, -0.1) is 0 Å². The highest BCUT2D eigenvalue weighted by atomic mass is 19.1. The molecule has 0 aliphatic carbocycles. The third-order valence-corrected chi connectivity index (χ3v) is 3.73. The van der Waals surface area contributed by atoms with Crippen molar-refractivity contribution in [1.82, 2.24) is 0 Å². The van der Waals surface area contributed by atoms with Crippen LogP contribution in [0.2, 0.25) is 5.82 Å². The van der Waals surface area contributed by atoms with Gasteiger partial charge in [0.1, 0.15) is 28.7 Å². The predicted molar refractivity (Wildman–Crippen MR) is 79.0 cm³/mol. The van der Waals surface area contributed by atoms with Gasteiger partial charge in [-0.1, -0.05) is 0 Å². The Balaban J connectivity index is 2.16. The molecule has 6 nitrogen and oxygen atoms in total. The van der Waals surface area contributed by atoms with Gasteiger partial charge >= 0.3 is 13.1 Å². The molecule has 2 N–H and O–H groups in total. The lowest BCUT2D eigenvalue weighted by atomic mass is 9.64. The molecule has 122 valence electrons. The molecule has 0 amide bonds. The average Bonchev–Trinajstić information content (AvgIpc) is 2.45. The minimum Gasteiger partial charge on any atom is -0.535 e. The van der Waals surface area contributed by atoms with Crippen molar-refractivity contribution in [3.05, 3.63) is 29.1 Å². The zero-order chi connectivity index (χ0) is 17.1. The zero-order valence-electron chi connectivity index (χ0n) is 12.5. The Morgan fingerprint density at radius 3 is 2.65 bits per heavy atom. The molecule has 1 aromatic carbocycles. The minimum atomic E-state index is -1.36. The van der Waals surface area contributed by atoms with Crippen molar-refractivity contribution in [2.24, 2.45) is 0 Å². The van der Waals surface area contributed by atoms with Crippen LogP contribution in [0.15, 0.2) is 12.1 Å². The molecule has 1 aromatic rings. The normalized spacial score (nSPS) is 16.5. The maximum atomic E-state index is 13.5. The van der Waals surface area contributed by atoms with Gasteiger partial charge in [-0.2, -0.15) is 0 Å². The van der Waals surface area contributed by atoms with Crippen molar-refractivity contribution >= 4 is 24.7 Å². The number of rotatable bonds is 6. The summed E-state index contributed by atoms with van der Waals surface area (Å²) >= 11 is 0. The number of benzene rings is 1. The summed E-state index contributed by atoms with van der Waals surface area (Å²) in [6.45, 7) is 1.39. The minimum absolute atomic E-state index is 0.0210. The molecule has 1 aliphatic heterocycles. The average molecular weight is 322 g/mol. The first-order valence-electron chi connectivity index (χ1n) is 7.19. The number of carboxylic acid groups (broad SMARTS) is 1. The number of ketones is 2. The quantitative estimate of drug-likeness (QED) is 0.772. The van der Waals surface area contributed by atoms with Gasteiger partial charge in [0.05, 0.1) is 0 Å². The molecule has 0 unspecified atom stereocenters. The number of halogens is 1. The molecule has 1 aliphatic rings. The maximum Gasteiger partial charge on any atom is 0.526 e. The van der Waals surface area contributed by atoms with Crippen molar-refractivity contribution in [3.63, 3.8) is 0 Å². The Kier molecular flexibility index (Phi) is 5.15. The van der Waals surface area contributed by atoms with E-state index in [0.29, 0.717) is 5.56 Å². The summed E-state index contributed by atoms with van der Waals surface area (Å²) in [5.41, 5.74) is -0.0579. The highest BCUT2D eigenvalue weighted by Crippen LogP contribution is 2.37. The Bertz CT molecular complexity index is 660. The first-order chi connectivity index (χ1) is 10.8. The van der Waals surface area contributed by atoms with Gasteiger partial charge in [0, 0.05) is 25.1 Å². The van der Waals surface area contributed by atoms with Crippen molar-refractivity contribution in [1.29, 1.82) is 0 Å². The van der Waals surface area contributed by atoms with Gasteiger partial charge in [-0.05, 0) is 31.0 Å². The van der Waals surface area contributed by atoms with Crippen LogP contribution in [-0.2, 0) is 16.0 Å². The topological polar surface area (TPSA) is 101 Å². The summed E-state index contributed by atoms with van der Waals surface area (Å²) in [6.07, 6.45) is 0.318. The van der Waals surface area contributed by atoms with Crippen LogP contribution in [-0.4, -0.2) is 34.8 Å². The van der Waals surface area contributed by atoms with Crippen molar-refractivity contribution < 1.29 is 33.6 Å². The molecule has 0 aromatic heterocycles. The van der Waals surface area contributed by atoms with Crippen molar-refractivity contribution in [3.8, 4) is 5.75 Å². The fourth-order valence-corrected chi connectivity index (χ4v) is 2.58. The highest BCUT2D eigenvalue weighted by molar-refractivity contribution is 6.47. The second-order valence-electron chi connectivity index (χ2n) is 5.66. The molecule has 0 fully saturated rings. The van der Waals surface area contributed by atoms with Gasteiger partial charge in [-0.25, -0.2) is 9.18 Å². The summed E-state index contributed by atoms with van der Waals surface area (Å²) in [7, 11) is -1.35. The second kappa shape index (κ2) is 6.91. The zero-order valence-corrected chi connectivity index (χ0v) is 12.5. The number of fused-ring (bicyclic) bond motifs is 1. The smallest absolute Gasteiger partial charge is 0.526 e. The van der Waals surface area contributed by atoms with E-state index in [4.69, 9.17) is 9.76 Å². The summed E-state index contributed by atoms with van der Waals surface area (Å²) in [5.74, 6) is -3.06. The van der Waals surface area contributed by atoms with Crippen LogP contribution in [0.1, 0.15) is 42.1 Å². The van der Waals surface area contributed by atoms with Gasteiger partial charge in [0.15, 0.2) is 0 Å². The molecule has 0 saturated heterocycles. The summed E-state index contributed by atoms with van der Waals surface area (Å²) in [6, 6.07) is 1.97. The number of carbonyl (C=O) groups is 3. The molecule has 2 rings (SSSR count). The fraction of sp³-hybridized carbons (Fsp3) is 0.400. The first-order valence-corrected chi connectivity index (χ1v) is 7.19. The van der Waals surface area contributed by atoms with E-state index in [1.807, 2.05) is 0 Å². The van der Waals surface area contributed by atoms with Crippen molar-refractivity contribution in [2.75, 3.05) is 0 Å². The van der Waals surface area contributed by atoms with Crippen LogP contribution >= 0.6 is 0 Å². The lowest BCUT2D eigenvalue weighted by molar-refractivity contribution is -0.123. The third kappa shape index (κ3) is 4.16. The molecule has 0 bridgehead atoms. The summed E-state index contributed by atoms with van der Waals surface area (Å²) in [4.78, 5) is 33.8. The Hall–Kier alpha value is -2.22. The Morgan fingerprint density at radius 1 is 1.35 bits per heavy atom. The van der Waals surface area contributed by atoms with Gasteiger partial charge in [-0.3, -0.25) is 4.79 Å². The van der Waals surface area contributed by atoms with E-state index in [-0.39, 0.29) is 48.6 Å². The number of aromatic carboxylic acids is 1. The Morgan fingerprint density at radius 2 is 2.04 bits per heavy atom. The van der Waals surface area contributed by atoms with Gasteiger partial charge in [0.2, 0.25) is 0 Å². The molecule has 0 spiro atoms. The van der Waals surface area contributed by atoms with Crippen LogP contribution in [0, 0.1) is 5.82 Å². The first kappa shape index (κ1) is 17.1. The third-order valence-electron chi connectivity index (χ3n) is 3.73. The molecular weight excluding hydrogens is 306 g/mol. The molecule has 0 radical (unpaired) electrons. The van der Waals surface area contributed by atoms with Gasteiger partial charge in [0.25, 0.3) is 0 Å². The summed E-state index contributed by atoms with van der Waals surface area (Å²) < 4.78 is 18.7. The second-order valence-corrected chi connectivity index (χ2v) is 5.66. The van der Waals surface area contributed by atoms with Crippen LogP contribution in [0.3, 0.4) is 0 Å². The molecule has 1 heterocycles. The van der Waals surface area contributed by atoms with E-state index in [9.17, 15) is 23.8 Å². The van der Waals surface area contributed by atoms with E-state index >= 15 is 0 Å². The molecule has 8 heteroatoms. The van der Waals surface area contributed by atoms with E-state index in [1.54, 1.807) is 0 Å². The SMILES string of the molecule is CC(=O)CCC(=O)C[C@H]1Cc2cc(F)cc(C(=O)O)c2OB1O. The van der Waals surface area contributed by atoms with Crippen LogP contribution < -0.4 is 4.65 Å². The monoisotopic (exact) mass is 322 g/mol. The fourth-order valence-electron chi connectivity index (χ4n) is 2.58. The molecule has 1 atom stereocenters. The number of Topliss-reactive ketones (excluding diaryl/α,β-unsaturated/α-hetero) is 2. The number of hydrogen-bond donors (Lipinski definition) is 2. The van der Waals surface area contributed by atoms with E-state index in [2.05, 4.69) is 0 Å². The molecular formula is C15H16BFO6. The summed E-state index contributed by atoms with van der Waals surface area (Å²) in [5, 5.41) is 19.1. The van der Waals surface area contributed by atoms with E-state index in [1.165, 1.54) is 6.92 Å². The lowest BCUT2D eigenvalue weighted by Crippen LogP contribution is -2.36.